The minimum absolute atomic E-state index is 0.144. The van der Waals surface area contributed by atoms with Gasteiger partial charge in [-0.15, -0.1) is 0 Å². The summed E-state index contributed by atoms with van der Waals surface area (Å²) in [5.74, 6) is -0.530. The number of hydrogen-bond donors (Lipinski definition) is 1. The van der Waals surface area contributed by atoms with Crippen LogP contribution in [0.3, 0.4) is 0 Å². The molecular formula is C10H5F3O3. The second-order valence-corrected chi connectivity index (χ2v) is 3.13. The van der Waals surface area contributed by atoms with E-state index in [9.17, 15) is 23.1 Å². The van der Waals surface area contributed by atoms with Gasteiger partial charge < -0.3 is 9.52 Å². The summed E-state index contributed by atoms with van der Waals surface area (Å²) in [7, 11) is 0. The molecule has 0 saturated carbocycles. The number of fused-ring (bicyclic) bond motifs is 1. The van der Waals surface area contributed by atoms with Gasteiger partial charge in [-0.2, -0.15) is 13.2 Å². The zero-order valence-corrected chi connectivity index (χ0v) is 7.71. The van der Waals surface area contributed by atoms with Gasteiger partial charge in [0.25, 0.3) is 0 Å². The third-order valence-corrected chi connectivity index (χ3v) is 2.05. The predicted octanol–water partition coefficient (Wildman–Crippen LogP) is 2.52. The van der Waals surface area contributed by atoms with Crippen molar-refractivity contribution in [1.82, 2.24) is 0 Å². The number of aromatic hydroxyl groups is 1. The Bertz CT molecular complexity index is 598. The summed E-state index contributed by atoms with van der Waals surface area (Å²) in [5, 5.41) is 9.17. The lowest BCUT2D eigenvalue weighted by Gasteiger charge is -2.08. The van der Waals surface area contributed by atoms with Crippen LogP contribution in [0.25, 0.3) is 11.0 Å². The molecule has 1 aromatic carbocycles. The first-order valence-electron chi connectivity index (χ1n) is 4.22. The lowest BCUT2D eigenvalue weighted by Crippen LogP contribution is -2.07. The van der Waals surface area contributed by atoms with Crippen LogP contribution in [0, 0.1) is 0 Å². The van der Waals surface area contributed by atoms with E-state index < -0.39 is 28.7 Å². The Hall–Kier alpha value is -1.98. The zero-order chi connectivity index (χ0) is 11.9. The van der Waals surface area contributed by atoms with Gasteiger partial charge in [0.15, 0.2) is 5.58 Å². The number of para-hydroxylation sites is 1. The molecule has 0 radical (unpaired) electrons. The Labute approximate surface area is 86.7 Å². The van der Waals surface area contributed by atoms with Gasteiger partial charge >= 0.3 is 11.8 Å². The Morgan fingerprint density at radius 3 is 2.56 bits per heavy atom. The van der Waals surface area contributed by atoms with Crippen LogP contribution >= 0.6 is 0 Å². The van der Waals surface area contributed by atoms with Crippen molar-refractivity contribution in [3.8, 4) is 5.75 Å². The predicted molar refractivity (Wildman–Crippen MR) is 49.2 cm³/mol. The molecule has 0 aliphatic heterocycles. The summed E-state index contributed by atoms with van der Waals surface area (Å²) in [6.07, 6.45) is -4.64. The molecule has 1 heterocycles. The van der Waals surface area contributed by atoms with Crippen LogP contribution in [0.2, 0.25) is 0 Å². The molecular weight excluding hydrogens is 225 g/mol. The van der Waals surface area contributed by atoms with Crippen molar-refractivity contribution in [3.63, 3.8) is 0 Å². The molecule has 84 valence electrons. The van der Waals surface area contributed by atoms with Crippen molar-refractivity contribution in [3.05, 3.63) is 40.2 Å². The number of hydrogen-bond acceptors (Lipinski definition) is 3. The second kappa shape index (κ2) is 3.26. The van der Waals surface area contributed by atoms with Crippen molar-refractivity contribution in [2.75, 3.05) is 0 Å². The number of rotatable bonds is 0. The lowest BCUT2D eigenvalue weighted by molar-refractivity contribution is -0.136. The normalized spacial score (nSPS) is 11.9. The molecule has 0 atom stereocenters. The highest BCUT2D eigenvalue weighted by atomic mass is 19.4. The molecule has 0 aliphatic rings. The first-order valence-corrected chi connectivity index (χ1v) is 4.22. The van der Waals surface area contributed by atoms with E-state index in [0.29, 0.717) is 0 Å². The third-order valence-electron chi connectivity index (χ3n) is 2.05. The molecule has 2 aromatic rings. The van der Waals surface area contributed by atoms with Gasteiger partial charge in [0.1, 0.15) is 5.75 Å². The molecule has 0 fully saturated rings. The fourth-order valence-corrected chi connectivity index (χ4v) is 1.39. The van der Waals surface area contributed by atoms with Gasteiger partial charge in [-0.1, -0.05) is 6.07 Å². The maximum absolute atomic E-state index is 12.5. The van der Waals surface area contributed by atoms with Gasteiger partial charge in [-0.05, 0) is 12.1 Å². The fraction of sp³-hybridized carbons (Fsp3) is 0.100. The summed E-state index contributed by atoms with van der Waals surface area (Å²) in [5.41, 5.74) is -2.76. The standard InChI is InChI=1S/C10H5F3O3/c11-10(12,13)6-3-1-2-5-7(14)4-8(15)16-9(5)6/h1-4,14H. The fourth-order valence-electron chi connectivity index (χ4n) is 1.39. The summed E-state index contributed by atoms with van der Waals surface area (Å²) in [6, 6.07) is 3.88. The maximum Gasteiger partial charge on any atom is 0.420 e. The summed E-state index contributed by atoms with van der Waals surface area (Å²) in [6.45, 7) is 0. The van der Waals surface area contributed by atoms with Crippen molar-refractivity contribution in [1.29, 1.82) is 0 Å². The Balaban J connectivity index is 2.93. The van der Waals surface area contributed by atoms with Crippen molar-refractivity contribution in [2.24, 2.45) is 0 Å². The molecule has 0 bridgehead atoms. The molecule has 0 amide bonds. The Morgan fingerprint density at radius 2 is 1.94 bits per heavy atom. The van der Waals surface area contributed by atoms with Crippen LogP contribution in [0.4, 0.5) is 13.2 Å². The molecule has 0 unspecified atom stereocenters. The Kier molecular flexibility index (Phi) is 2.15. The minimum Gasteiger partial charge on any atom is -0.507 e. The highest BCUT2D eigenvalue weighted by Crippen LogP contribution is 2.36. The van der Waals surface area contributed by atoms with E-state index >= 15 is 0 Å². The van der Waals surface area contributed by atoms with Crippen LogP contribution in [-0.4, -0.2) is 5.11 Å². The van der Waals surface area contributed by atoms with Crippen molar-refractivity contribution in [2.45, 2.75) is 6.18 Å². The van der Waals surface area contributed by atoms with Crippen LogP contribution in [-0.2, 0) is 6.18 Å². The molecule has 1 N–H and O–H groups in total. The molecule has 0 spiro atoms. The van der Waals surface area contributed by atoms with Crippen molar-refractivity contribution >= 4 is 11.0 Å². The monoisotopic (exact) mass is 230 g/mol. The molecule has 0 saturated heterocycles. The van der Waals surface area contributed by atoms with Gasteiger partial charge in [-0.3, -0.25) is 0 Å². The molecule has 3 nitrogen and oxygen atoms in total. The lowest BCUT2D eigenvalue weighted by atomic mass is 10.1. The van der Waals surface area contributed by atoms with Crippen LogP contribution in [0.5, 0.6) is 5.75 Å². The molecule has 16 heavy (non-hydrogen) atoms. The molecule has 1 aromatic heterocycles. The molecule has 6 heteroatoms. The first kappa shape index (κ1) is 10.5. The molecule has 2 rings (SSSR count). The van der Waals surface area contributed by atoms with E-state index in [1.54, 1.807) is 0 Å². The minimum atomic E-state index is -4.64. The van der Waals surface area contributed by atoms with Gasteiger partial charge in [0, 0.05) is 0 Å². The van der Waals surface area contributed by atoms with Gasteiger partial charge in [0.2, 0.25) is 0 Å². The number of benzene rings is 1. The highest BCUT2D eigenvalue weighted by molar-refractivity contribution is 5.85. The van der Waals surface area contributed by atoms with E-state index in [1.807, 2.05) is 0 Å². The zero-order valence-electron chi connectivity index (χ0n) is 7.71. The topological polar surface area (TPSA) is 50.4 Å². The smallest absolute Gasteiger partial charge is 0.420 e. The number of halogens is 3. The van der Waals surface area contributed by atoms with E-state index in [-0.39, 0.29) is 5.39 Å². The first-order chi connectivity index (χ1) is 7.39. The second-order valence-electron chi connectivity index (χ2n) is 3.13. The summed E-state index contributed by atoms with van der Waals surface area (Å²) >= 11 is 0. The van der Waals surface area contributed by atoms with Gasteiger partial charge in [-0.25, -0.2) is 4.79 Å². The molecule has 0 aliphatic carbocycles. The van der Waals surface area contributed by atoms with E-state index in [4.69, 9.17) is 0 Å². The Morgan fingerprint density at radius 1 is 1.25 bits per heavy atom. The summed E-state index contributed by atoms with van der Waals surface area (Å²) < 4.78 is 42.1. The largest absolute Gasteiger partial charge is 0.507 e. The van der Waals surface area contributed by atoms with E-state index in [0.717, 1.165) is 18.2 Å². The van der Waals surface area contributed by atoms with Gasteiger partial charge in [0.05, 0.1) is 17.0 Å². The van der Waals surface area contributed by atoms with E-state index in [1.165, 1.54) is 6.07 Å². The summed E-state index contributed by atoms with van der Waals surface area (Å²) in [4.78, 5) is 10.9. The van der Waals surface area contributed by atoms with Crippen LogP contribution in [0.15, 0.2) is 33.5 Å². The van der Waals surface area contributed by atoms with Crippen LogP contribution < -0.4 is 5.63 Å². The average molecular weight is 230 g/mol. The third kappa shape index (κ3) is 1.62. The van der Waals surface area contributed by atoms with Crippen LogP contribution in [0.1, 0.15) is 5.56 Å². The van der Waals surface area contributed by atoms with E-state index in [2.05, 4.69) is 4.42 Å². The maximum atomic E-state index is 12.5. The SMILES string of the molecule is O=c1cc(O)c2cccc(C(F)(F)F)c2o1. The highest BCUT2D eigenvalue weighted by Gasteiger charge is 2.34. The van der Waals surface area contributed by atoms with Crippen molar-refractivity contribution < 1.29 is 22.7 Å². The number of alkyl halides is 3. The quantitative estimate of drug-likeness (QED) is 0.707. The average Bonchev–Trinajstić information content (AvgIpc) is 2.15.